The minimum absolute atomic E-state index is 0.115. The number of rotatable bonds is 3. The van der Waals surface area contributed by atoms with Crippen molar-refractivity contribution in [3.63, 3.8) is 0 Å². The minimum atomic E-state index is 0.115. The second-order valence-electron chi connectivity index (χ2n) is 6.58. The number of hydrogen-bond donors (Lipinski definition) is 0. The maximum absolute atomic E-state index is 13.3. The molecule has 0 saturated carbocycles. The van der Waals surface area contributed by atoms with Gasteiger partial charge in [-0.1, -0.05) is 37.3 Å². The Labute approximate surface area is 148 Å². The van der Waals surface area contributed by atoms with Gasteiger partial charge in [-0.2, -0.15) is 0 Å². The molecule has 1 aromatic carbocycles. The van der Waals surface area contributed by atoms with Crippen LogP contribution in [0, 0.1) is 0 Å². The van der Waals surface area contributed by atoms with E-state index in [0.717, 1.165) is 36.5 Å². The molecule has 3 heterocycles. The molecule has 1 aliphatic heterocycles. The third-order valence-electron chi connectivity index (χ3n) is 5.22. The van der Waals surface area contributed by atoms with Gasteiger partial charge < -0.3 is 14.0 Å². The predicted octanol–water partition coefficient (Wildman–Crippen LogP) is 4.10. The Bertz CT molecular complexity index is 891. The maximum Gasteiger partial charge on any atom is 0.271 e. The number of hydrogen-bond acceptors (Lipinski definition) is 1. The molecule has 0 bridgehead atoms. The highest BCUT2D eigenvalue weighted by molar-refractivity contribution is 5.94. The first-order valence-electron chi connectivity index (χ1n) is 8.88. The third-order valence-corrected chi connectivity index (χ3v) is 5.22. The lowest BCUT2D eigenvalue weighted by atomic mass is 10.1. The Morgan fingerprint density at radius 3 is 2.60 bits per heavy atom. The first-order valence-corrected chi connectivity index (χ1v) is 8.88. The number of aromatic nitrogens is 2. The average Bonchev–Trinajstić information content (AvgIpc) is 3.27. The topological polar surface area (TPSA) is 30.2 Å². The molecule has 4 heteroatoms. The molecule has 128 valence electrons. The van der Waals surface area contributed by atoms with E-state index in [1.165, 1.54) is 5.69 Å². The Morgan fingerprint density at radius 1 is 1.04 bits per heavy atom. The highest BCUT2D eigenvalue weighted by Crippen LogP contribution is 2.31. The summed E-state index contributed by atoms with van der Waals surface area (Å²) in [5, 5.41) is 0. The van der Waals surface area contributed by atoms with Crippen LogP contribution in [0.2, 0.25) is 0 Å². The van der Waals surface area contributed by atoms with Crippen LogP contribution in [-0.4, -0.2) is 26.5 Å². The highest BCUT2D eigenvalue weighted by Gasteiger charge is 2.31. The van der Waals surface area contributed by atoms with Gasteiger partial charge in [0.15, 0.2) is 0 Å². The van der Waals surface area contributed by atoms with Gasteiger partial charge in [0, 0.05) is 37.7 Å². The van der Waals surface area contributed by atoms with Gasteiger partial charge in [0.1, 0.15) is 5.69 Å². The number of carbonyl (C=O) groups excluding carboxylic acids is 1. The van der Waals surface area contributed by atoms with Gasteiger partial charge >= 0.3 is 0 Å². The van der Waals surface area contributed by atoms with Crippen LogP contribution in [-0.2, 0) is 13.6 Å². The lowest BCUT2D eigenvalue weighted by Crippen LogP contribution is -2.42. The minimum Gasteiger partial charge on any atom is -0.348 e. The van der Waals surface area contributed by atoms with Crippen molar-refractivity contribution in [1.29, 1.82) is 0 Å². The maximum atomic E-state index is 13.3. The largest absolute Gasteiger partial charge is 0.348 e. The fourth-order valence-electron chi connectivity index (χ4n) is 3.91. The average molecular weight is 333 g/mol. The smallest absolute Gasteiger partial charge is 0.271 e. The van der Waals surface area contributed by atoms with Crippen LogP contribution < -0.4 is 0 Å². The van der Waals surface area contributed by atoms with Crippen molar-refractivity contribution in [2.45, 2.75) is 25.9 Å². The molecule has 1 amide bonds. The van der Waals surface area contributed by atoms with Crippen molar-refractivity contribution in [2.24, 2.45) is 7.05 Å². The molecular formula is C21H23N3O. The molecule has 0 radical (unpaired) electrons. The molecule has 3 aromatic rings. The van der Waals surface area contributed by atoms with Crippen LogP contribution >= 0.6 is 0 Å². The molecule has 0 N–H and O–H groups in total. The molecule has 0 fully saturated rings. The van der Waals surface area contributed by atoms with Gasteiger partial charge in [-0.05, 0) is 36.2 Å². The summed E-state index contributed by atoms with van der Waals surface area (Å²) >= 11 is 0. The van der Waals surface area contributed by atoms with Crippen molar-refractivity contribution in [2.75, 3.05) is 6.54 Å². The number of amides is 1. The summed E-state index contributed by atoms with van der Waals surface area (Å²) in [5.41, 5.74) is 4.18. The van der Waals surface area contributed by atoms with Gasteiger partial charge in [0.2, 0.25) is 0 Å². The van der Waals surface area contributed by atoms with Gasteiger partial charge in [0.25, 0.3) is 5.91 Å². The lowest BCUT2D eigenvalue weighted by Gasteiger charge is -2.36. The van der Waals surface area contributed by atoms with Crippen LogP contribution in [0.5, 0.6) is 0 Å². The molecule has 2 aromatic heterocycles. The monoisotopic (exact) mass is 333 g/mol. The van der Waals surface area contributed by atoms with Gasteiger partial charge in [0.05, 0.1) is 6.04 Å². The zero-order valence-corrected chi connectivity index (χ0v) is 14.7. The van der Waals surface area contributed by atoms with E-state index in [1.54, 1.807) is 0 Å². The van der Waals surface area contributed by atoms with Crippen molar-refractivity contribution >= 4 is 5.91 Å². The first kappa shape index (κ1) is 15.8. The van der Waals surface area contributed by atoms with Crippen molar-refractivity contribution in [1.82, 2.24) is 14.0 Å². The number of carbonyl (C=O) groups is 1. The molecule has 4 rings (SSSR count). The first-order chi connectivity index (χ1) is 12.2. The Morgan fingerprint density at radius 2 is 1.84 bits per heavy atom. The van der Waals surface area contributed by atoms with Crippen LogP contribution in [0.3, 0.4) is 0 Å². The van der Waals surface area contributed by atoms with E-state index in [9.17, 15) is 4.79 Å². The van der Waals surface area contributed by atoms with E-state index in [1.807, 2.05) is 46.8 Å². The third kappa shape index (κ3) is 2.58. The van der Waals surface area contributed by atoms with Crippen LogP contribution in [0.25, 0.3) is 11.3 Å². The lowest BCUT2D eigenvalue weighted by molar-refractivity contribution is 0.0608. The summed E-state index contributed by atoms with van der Waals surface area (Å²) in [5.74, 6) is 0.115. The van der Waals surface area contributed by atoms with E-state index in [2.05, 4.69) is 42.0 Å². The number of nitrogens with zero attached hydrogens (tertiary/aromatic N) is 3. The normalized spacial score (nSPS) is 16.7. The molecule has 0 unspecified atom stereocenters. The van der Waals surface area contributed by atoms with E-state index in [4.69, 9.17) is 0 Å². The summed E-state index contributed by atoms with van der Waals surface area (Å²) < 4.78 is 4.27. The van der Waals surface area contributed by atoms with Crippen LogP contribution in [0.4, 0.5) is 0 Å². The quantitative estimate of drug-likeness (QED) is 0.710. The van der Waals surface area contributed by atoms with E-state index in [-0.39, 0.29) is 11.9 Å². The van der Waals surface area contributed by atoms with Crippen LogP contribution in [0.1, 0.15) is 35.6 Å². The second kappa shape index (κ2) is 6.28. The van der Waals surface area contributed by atoms with Gasteiger partial charge in [-0.25, -0.2) is 0 Å². The van der Waals surface area contributed by atoms with Gasteiger partial charge in [-0.15, -0.1) is 0 Å². The zero-order valence-electron chi connectivity index (χ0n) is 14.7. The fourth-order valence-corrected chi connectivity index (χ4v) is 3.91. The summed E-state index contributed by atoms with van der Waals surface area (Å²) in [6.07, 6.45) is 3.03. The second-order valence-corrected chi connectivity index (χ2v) is 6.58. The molecule has 0 spiro atoms. The SMILES string of the molecule is CC[C@H]1c2cccn2CCN1C(=O)c1ccc(-c2ccccc2)n1C. The van der Waals surface area contributed by atoms with E-state index >= 15 is 0 Å². The summed E-state index contributed by atoms with van der Waals surface area (Å²) in [4.78, 5) is 15.3. The van der Waals surface area contributed by atoms with Crippen molar-refractivity contribution in [3.8, 4) is 11.3 Å². The van der Waals surface area contributed by atoms with E-state index in [0.29, 0.717) is 0 Å². The summed E-state index contributed by atoms with van der Waals surface area (Å²) in [6, 6.07) is 18.5. The summed E-state index contributed by atoms with van der Waals surface area (Å²) in [6.45, 7) is 3.76. The van der Waals surface area contributed by atoms with Crippen LogP contribution in [0.15, 0.2) is 60.8 Å². The molecule has 0 aliphatic carbocycles. The molecule has 25 heavy (non-hydrogen) atoms. The van der Waals surface area contributed by atoms with E-state index < -0.39 is 0 Å². The Hall–Kier alpha value is -2.75. The molecule has 0 saturated heterocycles. The standard InChI is InChI=1S/C21H23N3O/c1-3-17-19-10-7-13-23(19)14-15-24(17)21(25)20-12-11-18(22(20)2)16-8-5-4-6-9-16/h4-13,17H,3,14-15H2,1-2H3/t17-/m0/s1. The number of benzene rings is 1. The highest BCUT2D eigenvalue weighted by atomic mass is 16.2. The summed E-state index contributed by atoms with van der Waals surface area (Å²) in [7, 11) is 1.98. The molecular weight excluding hydrogens is 310 g/mol. The molecule has 4 nitrogen and oxygen atoms in total. The van der Waals surface area contributed by atoms with Crippen molar-refractivity contribution in [3.05, 3.63) is 72.2 Å². The Balaban J connectivity index is 1.67. The molecule has 1 aliphatic rings. The zero-order chi connectivity index (χ0) is 17.4. The number of fused-ring (bicyclic) bond motifs is 1. The molecule has 1 atom stereocenters. The van der Waals surface area contributed by atoms with Gasteiger partial charge in [-0.3, -0.25) is 4.79 Å². The predicted molar refractivity (Wildman–Crippen MR) is 99.3 cm³/mol. The van der Waals surface area contributed by atoms with Crippen molar-refractivity contribution < 1.29 is 4.79 Å². The fraction of sp³-hybridized carbons (Fsp3) is 0.286. The Kier molecular flexibility index (Phi) is 3.96.